The van der Waals surface area contributed by atoms with E-state index in [9.17, 15) is 0 Å². The average Bonchev–Trinajstić information content (AvgIpc) is 3.27. The van der Waals surface area contributed by atoms with Crippen LogP contribution in [0.4, 0.5) is 0 Å². The van der Waals surface area contributed by atoms with Gasteiger partial charge < -0.3 is 0 Å². The number of hydrogen-bond donors (Lipinski definition) is 0. The third kappa shape index (κ3) is 2.56. The van der Waals surface area contributed by atoms with Crippen molar-refractivity contribution in [2.75, 3.05) is 0 Å². The summed E-state index contributed by atoms with van der Waals surface area (Å²) in [7, 11) is 0. The first-order valence-corrected chi connectivity index (χ1v) is 9.82. The summed E-state index contributed by atoms with van der Waals surface area (Å²) in [6.45, 7) is 4.06. The van der Waals surface area contributed by atoms with Crippen LogP contribution in [0.15, 0.2) is 24.5 Å². The molecule has 0 radical (unpaired) electrons. The van der Waals surface area contributed by atoms with Gasteiger partial charge in [-0.1, -0.05) is 19.3 Å². The Bertz CT molecular complexity index is 1030. The molecule has 1 fully saturated rings. The Kier molecular flexibility index (Phi) is 3.41. The first-order valence-electron chi connectivity index (χ1n) is 9.00. The second-order valence-corrected chi connectivity index (χ2v) is 8.22. The van der Waals surface area contributed by atoms with Crippen molar-refractivity contribution in [3.8, 4) is 5.82 Å². The van der Waals surface area contributed by atoms with Crippen molar-refractivity contribution in [1.82, 2.24) is 24.4 Å². The summed E-state index contributed by atoms with van der Waals surface area (Å²) in [6, 6.07) is 4.40. The minimum Gasteiger partial charge on any atom is -0.232 e. The molecule has 0 N–H and O–H groups in total. The molecule has 1 aliphatic rings. The highest BCUT2D eigenvalue weighted by atomic mass is 32.1. The van der Waals surface area contributed by atoms with Crippen molar-refractivity contribution < 1.29 is 0 Å². The monoisotopic (exact) mass is 351 g/mol. The van der Waals surface area contributed by atoms with Gasteiger partial charge in [0, 0.05) is 16.5 Å². The van der Waals surface area contributed by atoms with Crippen molar-refractivity contribution in [3.05, 3.63) is 40.7 Å². The molecule has 4 aromatic rings. The molecular formula is C19H21N5S. The second-order valence-electron chi connectivity index (χ2n) is 7.15. The molecule has 0 amide bonds. The fourth-order valence-corrected chi connectivity index (χ4v) is 5.06. The molecule has 1 saturated carbocycles. The summed E-state index contributed by atoms with van der Waals surface area (Å²) < 4.78 is 3.75. The molecule has 0 atom stereocenters. The standard InChI is InChI=1S/C19H21N5S/c1-12-8-17(21-24-10-13(2)20-18(12)24)23-11-15-9-16(25-19(15)22-23)14-6-4-3-5-7-14/h8-11,14H,3-7H2,1-2H3. The normalized spacial score (nSPS) is 16.2. The van der Waals surface area contributed by atoms with Crippen molar-refractivity contribution in [2.45, 2.75) is 51.9 Å². The van der Waals surface area contributed by atoms with Crippen LogP contribution in [0, 0.1) is 13.8 Å². The van der Waals surface area contributed by atoms with Crippen LogP contribution >= 0.6 is 11.3 Å². The maximum atomic E-state index is 4.79. The second kappa shape index (κ2) is 5.66. The summed E-state index contributed by atoms with van der Waals surface area (Å²) in [6.07, 6.45) is 10.9. The number of hydrogen-bond acceptors (Lipinski definition) is 4. The van der Waals surface area contributed by atoms with Gasteiger partial charge in [0.1, 0.15) is 4.83 Å². The van der Waals surface area contributed by atoms with Gasteiger partial charge in [-0.3, -0.25) is 0 Å². The molecule has 5 rings (SSSR count). The van der Waals surface area contributed by atoms with Gasteiger partial charge in [0.15, 0.2) is 11.5 Å². The van der Waals surface area contributed by atoms with Crippen LogP contribution in [-0.4, -0.2) is 24.4 Å². The topological polar surface area (TPSA) is 48.0 Å². The molecule has 0 saturated heterocycles. The highest BCUT2D eigenvalue weighted by molar-refractivity contribution is 7.18. The zero-order valence-corrected chi connectivity index (χ0v) is 15.4. The Morgan fingerprint density at radius 2 is 1.88 bits per heavy atom. The maximum absolute atomic E-state index is 4.79. The predicted octanol–water partition coefficient (Wildman–Crippen LogP) is 4.79. The number of rotatable bonds is 2. The Labute approximate surface area is 150 Å². The smallest absolute Gasteiger partial charge is 0.174 e. The molecule has 0 unspecified atom stereocenters. The van der Waals surface area contributed by atoms with Gasteiger partial charge in [-0.05, 0) is 50.3 Å². The molecule has 6 heteroatoms. The number of fused-ring (bicyclic) bond motifs is 2. The van der Waals surface area contributed by atoms with Gasteiger partial charge >= 0.3 is 0 Å². The maximum Gasteiger partial charge on any atom is 0.174 e. The van der Waals surface area contributed by atoms with E-state index in [0.717, 1.165) is 33.5 Å². The minimum atomic E-state index is 0.743. The molecule has 1 aliphatic carbocycles. The largest absolute Gasteiger partial charge is 0.232 e. The van der Waals surface area contributed by atoms with E-state index in [0.29, 0.717) is 0 Å². The molecule has 128 valence electrons. The zero-order chi connectivity index (χ0) is 17.0. The van der Waals surface area contributed by atoms with Crippen molar-refractivity contribution in [3.63, 3.8) is 0 Å². The minimum absolute atomic E-state index is 0.743. The van der Waals surface area contributed by atoms with Gasteiger partial charge in [0.05, 0.1) is 11.9 Å². The van der Waals surface area contributed by atoms with E-state index >= 15 is 0 Å². The zero-order valence-electron chi connectivity index (χ0n) is 14.6. The molecule has 4 heterocycles. The van der Waals surface area contributed by atoms with E-state index in [1.165, 1.54) is 42.4 Å². The SMILES string of the molecule is Cc1cn2nc(-n3cc4cc(C5CCCCC5)sc4n3)cc(C)c2n1. The summed E-state index contributed by atoms with van der Waals surface area (Å²) >= 11 is 1.85. The van der Waals surface area contributed by atoms with Gasteiger partial charge in [-0.25, -0.2) is 14.2 Å². The van der Waals surface area contributed by atoms with E-state index in [2.05, 4.69) is 35.3 Å². The molecule has 25 heavy (non-hydrogen) atoms. The van der Waals surface area contributed by atoms with Gasteiger partial charge in [-0.2, -0.15) is 5.10 Å². The molecule has 0 spiro atoms. The Hall–Kier alpha value is -2.21. The third-order valence-electron chi connectivity index (χ3n) is 5.18. The van der Waals surface area contributed by atoms with Gasteiger partial charge in [0.2, 0.25) is 0 Å². The van der Waals surface area contributed by atoms with Crippen LogP contribution in [0.1, 0.15) is 54.2 Å². The number of aromatic nitrogens is 5. The fourth-order valence-electron chi connectivity index (χ4n) is 3.89. The number of thiophene rings is 1. The van der Waals surface area contributed by atoms with E-state index in [1.807, 2.05) is 33.7 Å². The Morgan fingerprint density at radius 3 is 2.68 bits per heavy atom. The first kappa shape index (κ1) is 15.1. The first-order chi connectivity index (χ1) is 12.2. The molecule has 0 bridgehead atoms. The molecule has 5 nitrogen and oxygen atoms in total. The van der Waals surface area contributed by atoms with E-state index in [4.69, 9.17) is 5.10 Å². The van der Waals surface area contributed by atoms with E-state index in [-0.39, 0.29) is 0 Å². The van der Waals surface area contributed by atoms with Crippen LogP contribution < -0.4 is 0 Å². The lowest BCUT2D eigenvalue weighted by Gasteiger charge is -2.19. The number of aryl methyl sites for hydroxylation is 2. The lowest BCUT2D eigenvalue weighted by molar-refractivity contribution is 0.448. The summed E-state index contributed by atoms with van der Waals surface area (Å²) in [5, 5.41) is 10.7. The van der Waals surface area contributed by atoms with Crippen molar-refractivity contribution in [2.24, 2.45) is 0 Å². The summed E-state index contributed by atoms with van der Waals surface area (Å²) in [5.74, 6) is 1.58. The average molecular weight is 351 g/mol. The lowest BCUT2D eigenvalue weighted by atomic mass is 9.88. The highest BCUT2D eigenvalue weighted by Gasteiger charge is 2.19. The predicted molar refractivity (Wildman–Crippen MR) is 101 cm³/mol. The van der Waals surface area contributed by atoms with Crippen LogP contribution in [-0.2, 0) is 0 Å². The summed E-state index contributed by atoms with van der Waals surface area (Å²) in [5.41, 5.74) is 3.00. The summed E-state index contributed by atoms with van der Waals surface area (Å²) in [4.78, 5) is 7.14. The van der Waals surface area contributed by atoms with Crippen LogP contribution in [0.5, 0.6) is 0 Å². The lowest BCUT2D eigenvalue weighted by Crippen LogP contribution is -2.04. The van der Waals surface area contributed by atoms with E-state index < -0.39 is 0 Å². The molecular weight excluding hydrogens is 330 g/mol. The quantitative estimate of drug-likeness (QED) is 0.521. The molecule has 4 aromatic heterocycles. The number of nitrogens with zero attached hydrogens (tertiary/aromatic N) is 5. The van der Waals surface area contributed by atoms with Crippen LogP contribution in [0.3, 0.4) is 0 Å². The van der Waals surface area contributed by atoms with Crippen LogP contribution in [0.25, 0.3) is 21.7 Å². The Balaban J connectivity index is 1.53. The third-order valence-corrected chi connectivity index (χ3v) is 6.38. The van der Waals surface area contributed by atoms with E-state index in [1.54, 1.807) is 0 Å². The van der Waals surface area contributed by atoms with Gasteiger partial charge in [0.25, 0.3) is 0 Å². The fraction of sp³-hybridized carbons (Fsp3) is 0.421. The van der Waals surface area contributed by atoms with Crippen molar-refractivity contribution >= 4 is 27.2 Å². The molecule has 0 aliphatic heterocycles. The van der Waals surface area contributed by atoms with Crippen LogP contribution in [0.2, 0.25) is 0 Å². The van der Waals surface area contributed by atoms with Crippen molar-refractivity contribution in [1.29, 1.82) is 0 Å². The molecule has 0 aromatic carbocycles. The number of imidazole rings is 1. The Morgan fingerprint density at radius 1 is 1.04 bits per heavy atom. The highest BCUT2D eigenvalue weighted by Crippen LogP contribution is 2.38. The van der Waals surface area contributed by atoms with Gasteiger partial charge in [-0.15, -0.1) is 16.4 Å².